The average molecular weight is 905 g/mol. The van der Waals surface area contributed by atoms with Gasteiger partial charge in [0.25, 0.3) is 17.7 Å². The maximum Gasteiger partial charge on any atom is 0.290 e. The predicted octanol–water partition coefficient (Wildman–Crippen LogP) is 5.50. The van der Waals surface area contributed by atoms with Crippen LogP contribution in [0.3, 0.4) is 0 Å². The first-order valence-electron chi connectivity index (χ1n) is 21.5. The van der Waals surface area contributed by atoms with Gasteiger partial charge in [-0.25, -0.2) is 27.5 Å². The number of quaternary nitrogens is 1. The third kappa shape index (κ3) is 9.51. The first kappa shape index (κ1) is 46.2. The van der Waals surface area contributed by atoms with Crippen molar-refractivity contribution in [2.75, 3.05) is 39.3 Å². The van der Waals surface area contributed by atoms with E-state index in [9.17, 15) is 31.9 Å². The van der Waals surface area contributed by atoms with Gasteiger partial charge in [-0.15, -0.1) is 0 Å². The van der Waals surface area contributed by atoms with Crippen molar-refractivity contribution in [1.82, 2.24) is 24.7 Å². The molecule has 1 saturated carbocycles. The Morgan fingerprint density at radius 1 is 0.719 bits per heavy atom. The molecule has 2 aromatic carbocycles. The molecule has 2 aliphatic heterocycles. The van der Waals surface area contributed by atoms with E-state index < -0.39 is 24.2 Å². The molecular weight excluding hydrogens is 852 g/mol. The minimum atomic E-state index is -2.91. The van der Waals surface area contributed by atoms with Gasteiger partial charge in [-0.1, -0.05) is 27.7 Å². The molecule has 64 heavy (non-hydrogen) atoms. The summed E-state index contributed by atoms with van der Waals surface area (Å²) in [6, 6.07) is 19.5. The Labute approximate surface area is 376 Å². The van der Waals surface area contributed by atoms with Crippen LogP contribution >= 0.6 is 0 Å². The number of amides is 3. The largest absolute Gasteiger partial charge is 1.00 e. The number of hydrogen-bond acceptors (Lipinski definition) is 7. The normalized spacial score (nSPS) is 19.4. The second-order valence-electron chi connectivity index (χ2n) is 17.6. The number of benzene rings is 2. The molecule has 6 aromatic rings. The minimum Gasteiger partial charge on any atom is -1.00 e. The summed E-state index contributed by atoms with van der Waals surface area (Å²) in [6.45, 7) is 15.0. The van der Waals surface area contributed by atoms with Gasteiger partial charge in [-0.2, -0.15) is 0 Å². The summed E-state index contributed by atoms with van der Waals surface area (Å²) >= 11 is 0. The van der Waals surface area contributed by atoms with Crippen molar-refractivity contribution < 1.29 is 59.9 Å². The van der Waals surface area contributed by atoms with Crippen LogP contribution in [0.2, 0.25) is 0 Å². The van der Waals surface area contributed by atoms with E-state index in [0.29, 0.717) is 52.8 Å². The second kappa shape index (κ2) is 18.4. The molecule has 4 aromatic heterocycles. The highest BCUT2D eigenvalue weighted by atomic mass is 35.5. The zero-order valence-electron chi connectivity index (χ0n) is 36.5. The summed E-state index contributed by atoms with van der Waals surface area (Å²) in [5, 5.41) is 2.25. The fourth-order valence-electron chi connectivity index (χ4n) is 8.37. The van der Waals surface area contributed by atoms with Gasteiger partial charge in [0.15, 0.2) is 22.7 Å². The number of furan rings is 2. The van der Waals surface area contributed by atoms with Crippen LogP contribution in [0.5, 0.6) is 0 Å². The number of halogens is 5. The lowest BCUT2D eigenvalue weighted by Crippen LogP contribution is -3.00. The summed E-state index contributed by atoms with van der Waals surface area (Å²) in [6.07, 6.45) is -0.401. The smallest absolute Gasteiger partial charge is 0.290 e. The Bertz CT molecular complexity index is 2690. The minimum absolute atomic E-state index is 0. The van der Waals surface area contributed by atoms with Gasteiger partial charge < -0.3 is 41.3 Å². The molecule has 3 amide bonds. The molecule has 6 heterocycles. The molecule has 1 aliphatic carbocycles. The summed E-state index contributed by atoms with van der Waals surface area (Å²) in [7, 11) is 0. The number of alkyl halides is 2. The van der Waals surface area contributed by atoms with Gasteiger partial charge in [-0.3, -0.25) is 14.4 Å². The predicted molar refractivity (Wildman–Crippen MR) is 231 cm³/mol. The number of piperazine rings is 2. The quantitative estimate of drug-likeness (QED) is 0.210. The Balaban J connectivity index is 0.000000214. The van der Waals surface area contributed by atoms with Crippen LogP contribution in [0.15, 0.2) is 81.6 Å². The monoisotopic (exact) mass is 904 g/mol. The van der Waals surface area contributed by atoms with E-state index in [-0.39, 0.29) is 80.6 Å². The number of carbonyl (C=O) groups is 3. The van der Waals surface area contributed by atoms with Crippen LogP contribution in [0, 0.1) is 17.6 Å². The molecule has 11 nitrogen and oxygen atoms in total. The molecule has 3 atom stereocenters. The fourth-order valence-corrected chi connectivity index (χ4v) is 8.37. The number of nitrogens with two attached hydrogens (primary N) is 1. The molecule has 0 bridgehead atoms. The Morgan fingerprint density at radius 2 is 1.17 bits per heavy atom. The van der Waals surface area contributed by atoms with Crippen LogP contribution < -0.4 is 17.7 Å². The third-order valence-corrected chi connectivity index (χ3v) is 12.0. The molecule has 2 saturated heterocycles. The van der Waals surface area contributed by atoms with E-state index in [0.717, 1.165) is 34.5 Å². The lowest BCUT2D eigenvalue weighted by molar-refractivity contribution is -0.693. The number of rotatable bonds is 7. The van der Waals surface area contributed by atoms with E-state index in [1.165, 1.54) is 29.2 Å². The van der Waals surface area contributed by atoms with Crippen molar-refractivity contribution in [1.29, 1.82) is 0 Å². The number of aromatic nitrogens is 2. The molecule has 9 rings (SSSR count). The van der Waals surface area contributed by atoms with Crippen LogP contribution in [0.1, 0.15) is 93.5 Å². The van der Waals surface area contributed by atoms with Gasteiger partial charge in [0, 0.05) is 67.9 Å². The van der Waals surface area contributed by atoms with E-state index in [1.807, 2.05) is 30.9 Å². The van der Waals surface area contributed by atoms with Gasteiger partial charge in [0.05, 0.1) is 31.0 Å². The number of hydrogen-bond donors (Lipinski definition) is 1. The fraction of sp³-hybridized carbons (Fsp3) is 0.396. The first-order chi connectivity index (χ1) is 30.0. The first-order valence-corrected chi connectivity index (χ1v) is 21.5. The maximum atomic E-state index is 13.4. The van der Waals surface area contributed by atoms with Crippen LogP contribution in [-0.2, 0) is 4.79 Å². The zero-order valence-corrected chi connectivity index (χ0v) is 37.3. The zero-order chi connectivity index (χ0) is 44.9. The summed E-state index contributed by atoms with van der Waals surface area (Å²) in [4.78, 5) is 52.8. The van der Waals surface area contributed by atoms with Gasteiger partial charge >= 0.3 is 0 Å². The molecule has 2 N–H and O–H groups in total. The van der Waals surface area contributed by atoms with Gasteiger partial charge in [0.2, 0.25) is 5.91 Å². The van der Waals surface area contributed by atoms with Crippen molar-refractivity contribution in [3.05, 3.63) is 107 Å². The lowest BCUT2D eigenvalue weighted by atomic mass is 10.00. The summed E-state index contributed by atoms with van der Waals surface area (Å²) < 4.78 is 65.3. The van der Waals surface area contributed by atoms with E-state index in [2.05, 4.69) is 36.1 Å². The standard InChI is InChI=1S/C26H26F3N3O3.C22H24FN3O2.ClH.H2/c1-14(2)18-10-20(16-4-6-17(27)7-5-16)30-21-11-22(35-23(18)21)25(34)31-8-9-32(15(3)13-31)24(33)19-12-26(19,28)29;1-13(2)17-10-18(15-4-6-16(23)7-5-15)25-19-11-20(28-21(17)19)22(27)26-9-8-24-14(3)12-26;;/h4-7,10-11,14-15,19H,8-9,12-13H2,1-3H3;4-7,10-11,13-14,24H,8-9,12H2,1-3H3;2*1H/t15-,19?;14-;;/m00../s1. The van der Waals surface area contributed by atoms with Crippen molar-refractivity contribution in [2.24, 2.45) is 5.92 Å². The Hall–Kier alpha value is -5.80. The highest BCUT2D eigenvalue weighted by molar-refractivity contribution is 5.97. The van der Waals surface area contributed by atoms with Crippen LogP contribution in [0.4, 0.5) is 17.6 Å². The summed E-state index contributed by atoms with van der Waals surface area (Å²) in [5.74, 6) is -4.99. The maximum absolute atomic E-state index is 13.4. The van der Waals surface area contributed by atoms with Crippen molar-refractivity contribution in [3.63, 3.8) is 0 Å². The third-order valence-electron chi connectivity index (χ3n) is 12.0. The number of fused-ring (bicyclic) bond motifs is 2. The lowest BCUT2D eigenvalue weighted by Gasteiger charge is -2.39. The van der Waals surface area contributed by atoms with Crippen molar-refractivity contribution >= 4 is 39.9 Å². The summed E-state index contributed by atoms with van der Waals surface area (Å²) in [5.41, 5.74) is 7.21. The Morgan fingerprint density at radius 3 is 1.58 bits per heavy atom. The Kier molecular flexibility index (Phi) is 13.3. The molecule has 340 valence electrons. The van der Waals surface area contributed by atoms with E-state index in [4.69, 9.17) is 8.83 Å². The molecule has 3 aliphatic rings. The average Bonchev–Trinajstić information content (AvgIpc) is 3.53. The van der Waals surface area contributed by atoms with Gasteiger partial charge in [0.1, 0.15) is 34.6 Å². The molecule has 0 radical (unpaired) electrons. The number of nitrogens with zero attached hydrogens (tertiary/aromatic N) is 5. The van der Waals surface area contributed by atoms with Crippen LogP contribution in [-0.4, -0.2) is 99.7 Å². The van der Waals surface area contributed by atoms with E-state index >= 15 is 0 Å². The topological polar surface area (TPSA) is 130 Å². The second-order valence-corrected chi connectivity index (χ2v) is 17.6. The highest BCUT2D eigenvalue weighted by Gasteiger charge is 2.62. The molecule has 16 heteroatoms. The van der Waals surface area contributed by atoms with E-state index in [1.54, 1.807) is 48.2 Å². The molecule has 3 fully saturated rings. The number of pyridine rings is 2. The SMILES string of the molecule is CC(C)c1cc(-c2ccc(F)cc2)nc2cc(C(=O)N3CCN(C(=O)C4CC4(F)F)[C@@H](C)C3)oc12.CC(C)c1cc(-c2ccc(F)cc2)nc2cc(C(=O)N3CC[NH2+][C@@H](C)C3)oc12.[Cl-].[HH]. The molecular formula is C48H53ClF4N6O5. The van der Waals surface area contributed by atoms with Crippen molar-refractivity contribution in [3.8, 4) is 22.5 Å². The molecule has 0 spiro atoms. The van der Waals surface area contributed by atoms with Crippen LogP contribution in [0.25, 0.3) is 44.7 Å². The molecule has 1 unspecified atom stereocenters. The number of carbonyl (C=O) groups excluding carboxylic acids is 3. The highest BCUT2D eigenvalue weighted by Crippen LogP contribution is 2.50. The van der Waals surface area contributed by atoms with Crippen molar-refractivity contribution in [2.45, 2.75) is 77.8 Å². The van der Waals surface area contributed by atoms with Gasteiger partial charge in [-0.05, 0) is 86.3 Å².